The first-order chi connectivity index (χ1) is 7.13. The van der Waals surface area contributed by atoms with Crippen molar-refractivity contribution in [2.75, 3.05) is 34.4 Å². The summed E-state index contributed by atoms with van der Waals surface area (Å²) in [7, 11) is 4.89. The number of rotatable bonds is 8. The summed E-state index contributed by atoms with van der Waals surface area (Å²) >= 11 is 0. The molecule has 15 heavy (non-hydrogen) atoms. The lowest BCUT2D eigenvalue weighted by atomic mass is 10.4. The molecule has 0 aromatic rings. The average Bonchev–Trinajstić information content (AvgIpc) is 2.28. The standard InChI is InChI=1S/C9H18N2O4/c1-5-9(12)14-6-8(13-4)7-15-11(3)10-2/h5,8,11H,1,6-7H2,2-4H3. The van der Waals surface area contributed by atoms with Gasteiger partial charge in [0.2, 0.25) is 0 Å². The summed E-state index contributed by atoms with van der Waals surface area (Å²) in [5.41, 5.74) is 3.82. The molecule has 0 aromatic heterocycles. The van der Waals surface area contributed by atoms with Gasteiger partial charge in [0.05, 0.1) is 7.05 Å². The molecule has 0 radical (unpaired) electrons. The van der Waals surface area contributed by atoms with E-state index in [1.807, 2.05) is 0 Å². The smallest absolute Gasteiger partial charge is 0.330 e. The van der Waals surface area contributed by atoms with Crippen LogP contribution in [0.2, 0.25) is 0 Å². The quantitative estimate of drug-likeness (QED) is 0.326. The topological polar surface area (TPSA) is 63.3 Å². The molecule has 6 heteroatoms. The highest BCUT2D eigenvalue weighted by atomic mass is 16.7. The van der Waals surface area contributed by atoms with Gasteiger partial charge in [-0.05, 0) is 0 Å². The van der Waals surface area contributed by atoms with Gasteiger partial charge in [0.1, 0.15) is 19.3 Å². The van der Waals surface area contributed by atoms with Gasteiger partial charge in [-0.2, -0.15) is 0 Å². The van der Waals surface area contributed by atoms with Gasteiger partial charge in [0.25, 0.3) is 0 Å². The van der Waals surface area contributed by atoms with E-state index < -0.39 is 5.97 Å². The van der Waals surface area contributed by atoms with Crippen LogP contribution in [0.15, 0.2) is 12.7 Å². The summed E-state index contributed by atoms with van der Waals surface area (Å²) in [5.74, 6) is -0.474. The third-order valence-electron chi connectivity index (χ3n) is 1.70. The molecule has 0 aliphatic rings. The Bertz CT molecular complexity index is 199. The maximum Gasteiger partial charge on any atom is 0.330 e. The van der Waals surface area contributed by atoms with Crippen LogP contribution in [0.5, 0.6) is 0 Å². The van der Waals surface area contributed by atoms with Gasteiger partial charge in [-0.1, -0.05) is 6.58 Å². The molecular weight excluding hydrogens is 200 g/mol. The Morgan fingerprint density at radius 3 is 2.73 bits per heavy atom. The predicted molar refractivity (Wildman–Crippen MR) is 54.1 cm³/mol. The number of esters is 1. The van der Waals surface area contributed by atoms with Gasteiger partial charge in [-0.15, -0.1) is 7.05 Å². The molecule has 0 aliphatic heterocycles. The van der Waals surface area contributed by atoms with E-state index in [0.717, 1.165) is 6.08 Å². The van der Waals surface area contributed by atoms with Crippen LogP contribution in [0.1, 0.15) is 0 Å². The summed E-state index contributed by atoms with van der Waals surface area (Å²) in [5, 5.41) is 0.562. The second-order valence-electron chi connectivity index (χ2n) is 2.75. The molecule has 1 N–H and O–H groups in total. The predicted octanol–water partition coefficient (Wildman–Crippen LogP) is -0.905. The number of nitrogens with zero attached hydrogens (tertiary/aromatic N) is 1. The molecular formula is C9H18N2O4. The number of ether oxygens (including phenoxy) is 2. The van der Waals surface area contributed by atoms with Crippen LogP contribution < -0.4 is 5.17 Å². The number of carbonyl (C=O) groups is 1. The lowest BCUT2D eigenvalue weighted by Gasteiger charge is -2.23. The fourth-order valence-electron chi connectivity index (χ4n) is 0.696. The fourth-order valence-corrected chi connectivity index (χ4v) is 0.696. The zero-order valence-electron chi connectivity index (χ0n) is 9.36. The first-order valence-corrected chi connectivity index (χ1v) is 4.52. The molecule has 6 nitrogen and oxygen atoms in total. The Balaban J connectivity index is 3.72. The summed E-state index contributed by atoms with van der Waals surface area (Å²) in [6, 6.07) is 0. The zero-order chi connectivity index (χ0) is 11.7. The summed E-state index contributed by atoms with van der Waals surface area (Å²) in [6.07, 6.45) is 0.803. The monoisotopic (exact) mass is 218 g/mol. The van der Waals surface area contributed by atoms with E-state index in [-0.39, 0.29) is 12.7 Å². The van der Waals surface area contributed by atoms with Crippen molar-refractivity contribution in [3.63, 3.8) is 0 Å². The first kappa shape index (κ1) is 14.1. The SMILES string of the molecule is C=CC(=O)OCC(CO[NH+](C)[N-]C)OC. The molecule has 0 bridgehead atoms. The molecule has 0 aromatic carbocycles. The minimum Gasteiger partial charge on any atom is -0.460 e. The van der Waals surface area contributed by atoms with Gasteiger partial charge < -0.3 is 14.9 Å². The Kier molecular flexibility index (Phi) is 7.84. The van der Waals surface area contributed by atoms with Crippen LogP contribution >= 0.6 is 0 Å². The number of hydroxylamine groups is 1. The van der Waals surface area contributed by atoms with Gasteiger partial charge in [-0.3, -0.25) is 5.17 Å². The maximum absolute atomic E-state index is 10.8. The van der Waals surface area contributed by atoms with E-state index in [2.05, 4.69) is 12.0 Å². The molecule has 0 amide bonds. The zero-order valence-corrected chi connectivity index (χ0v) is 9.36. The lowest BCUT2D eigenvalue weighted by Crippen LogP contribution is -3.03. The Morgan fingerprint density at radius 2 is 2.27 bits per heavy atom. The minimum absolute atomic E-state index is 0.137. The summed E-state index contributed by atoms with van der Waals surface area (Å²) in [6.45, 7) is 3.72. The third-order valence-corrected chi connectivity index (χ3v) is 1.70. The number of methoxy groups -OCH3 is 1. The third kappa shape index (κ3) is 7.03. The number of hydrogen-bond acceptors (Lipinski definition) is 4. The number of quaternary nitrogens is 1. The normalized spacial score (nSPS) is 14.3. The molecule has 2 atom stereocenters. The largest absolute Gasteiger partial charge is 0.460 e. The highest BCUT2D eigenvalue weighted by Crippen LogP contribution is 1.92. The van der Waals surface area contributed by atoms with Crippen molar-refractivity contribution in [3.05, 3.63) is 18.1 Å². The van der Waals surface area contributed by atoms with Crippen LogP contribution in [-0.2, 0) is 19.1 Å². The van der Waals surface area contributed by atoms with Crippen molar-refractivity contribution in [3.8, 4) is 0 Å². The minimum atomic E-state index is -0.474. The molecule has 0 spiro atoms. The van der Waals surface area contributed by atoms with E-state index in [1.54, 1.807) is 14.1 Å². The maximum atomic E-state index is 10.8. The Hall–Kier alpha value is -0.950. The number of nitrogens with one attached hydrogen (secondary N) is 1. The highest BCUT2D eigenvalue weighted by Gasteiger charge is 2.11. The van der Waals surface area contributed by atoms with E-state index in [4.69, 9.17) is 14.3 Å². The van der Waals surface area contributed by atoms with E-state index in [9.17, 15) is 4.79 Å². The van der Waals surface area contributed by atoms with Gasteiger partial charge >= 0.3 is 5.97 Å². The van der Waals surface area contributed by atoms with Gasteiger partial charge in [0, 0.05) is 13.2 Å². The van der Waals surface area contributed by atoms with Crippen molar-refractivity contribution in [1.29, 1.82) is 0 Å². The molecule has 0 heterocycles. The second-order valence-corrected chi connectivity index (χ2v) is 2.75. The Morgan fingerprint density at radius 1 is 1.60 bits per heavy atom. The van der Waals surface area contributed by atoms with Crippen LogP contribution in [0, 0.1) is 0 Å². The molecule has 0 fully saturated rings. The van der Waals surface area contributed by atoms with Crippen LogP contribution in [0.4, 0.5) is 0 Å². The van der Waals surface area contributed by atoms with Crippen LogP contribution in [0.25, 0.3) is 5.43 Å². The van der Waals surface area contributed by atoms with Gasteiger partial charge in [-0.25, -0.2) is 9.63 Å². The van der Waals surface area contributed by atoms with Crippen molar-refractivity contribution in [1.82, 2.24) is 0 Å². The number of carbonyl (C=O) groups excluding carboxylic acids is 1. The van der Waals surface area contributed by atoms with Gasteiger partial charge in [0.15, 0.2) is 0 Å². The second kappa shape index (κ2) is 8.37. The lowest BCUT2D eigenvalue weighted by molar-refractivity contribution is -1.05. The fraction of sp³-hybridized carbons (Fsp3) is 0.667. The van der Waals surface area contributed by atoms with Crippen molar-refractivity contribution in [2.45, 2.75) is 6.10 Å². The van der Waals surface area contributed by atoms with Crippen LogP contribution in [0.3, 0.4) is 0 Å². The average molecular weight is 218 g/mol. The van der Waals surface area contributed by atoms with Crippen molar-refractivity contribution >= 4 is 5.97 Å². The molecule has 2 unspecified atom stereocenters. The van der Waals surface area contributed by atoms with Crippen molar-refractivity contribution in [2.24, 2.45) is 0 Å². The van der Waals surface area contributed by atoms with Crippen molar-refractivity contribution < 1.29 is 24.3 Å². The summed E-state index contributed by atoms with van der Waals surface area (Å²) in [4.78, 5) is 16.0. The molecule has 0 saturated carbocycles. The summed E-state index contributed by atoms with van der Waals surface area (Å²) < 4.78 is 9.86. The van der Waals surface area contributed by atoms with E-state index >= 15 is 0 Å². The molecule has 88 valence electrons. The molecule has 0 saturated heterocycles. The van der Waals surface area contributed by atoms with E-state index in [0.29, 0.717) is 11.8 Å². The number of hydrogen-bond donors (Lipinski definition) is 1. The first-order valence-electron chi connectivity index (χ1n) is 4.52. The molecule has 0 aliphatic carbocycles. The van der Waals surface area contributed by atoms with Crippen LogP contribution in [-0.4, -0.2) is 46.5 Å². The molecule has 0 rings (SSSR count). The van der Waals surface area contributed by atoms with E-state index in [1.165, 1.54) is 7.11 Å². The highest BCUT2D eigenvalue weighted by molar-refractivity contribution is 5.81. The Labute approximate surface area is 89.7 Å².